The highest BCUT2D eigenvalue weighted by molar-refractivity contribution is 6.16. The molecule has 2 aromatic rings. The molecule has 1 aliphatic rings. The highest BCUT2D eigenvalue weighted by Gasteiger charge is 2.22. The van der Waals surface area contributed by atoms with E-state index in [1.165, 1.54) is 25.9 Å². The first-order valence-corrected chi connectivity index (χ1v) is 8.34. The van der Waals surface area contributed by atoms with Crippen molar-refractivity contribution in [2.24, 2.45) is 5.92 Å². The fourth-order valence-electron chi connectivity index (χ4n) is 3.29. The molecule has 1 fully saturated rings. The van der Waals surface area contributed by atoms with Crippen molar-refractivity contribution in [3.63, 3.8) is 0 Å². The number of alkyl halides is 1. The third kappa shape index (κ3) is 2.69. The number of halogens is 1. The van der Waals surface area contributed by atoms with Gasteiger partial charge in [-0.05, 0) is 52.7 Å². The third-order valence-electron chi connectivity index (χ3n) is 4.58. The maximum absolute atomic E-state index is 6.13. The van der Waals surface area contributed by atoms with Crippen molar-refractivity contribution < 1.29 is 0 Å². The molecule has 0 aromatic carbocycles. The quantitative estimate of drug-likeness (QED) is 0.815. The van der Waals surface area contributed by atoms with Crippen LogP contribution in [-0.4, -0.2) is 44.4 Å². The van der Waals surface area contributed by atoms with Gasteiger partial charge in [-0.15, -0.1) is 11.6 Å². The predicted octanol–water partition coefficient (Wildman–Crippen LogP) is 2.64. The van der Waals surface area contributed by atoms with Crippen molar-refractivity contribution >= 4 is 22.8 Å². The first kappa shape index (κ1) is 14.9. The Hall–Kier alpha value is -1.07. The minimum Gasteiger partial charge on any atom is -0.312 e. The van der Waals surface area contributed by atoms with Crippen LogP contribution < -0.4 is 0 Å². The Balaban J connectivity index is 1.95. The minimum atomic E-state index is 0.463. The summed E-state index contributed by atoms with van der Waals surface area (Å²) >= 11 is 6.13. The monoisotopic (exact) mass is 309 g/mol. The lowest BCUT2D eigenvalue weighted by Gasteiger charge is -2.29. The first-order chi connectivity index (χ1) is 10.1. The van der Waals surface area contributed by atoms with Crippen LogP contribution in [0.15, 0.2) is 0 Å². The second-order valence-electron chi connectivity index (χ2n) is 6.09. The van der Waals surface area contributed by atoms with E-state index in [2.05, 4.69) is 33.2 Å². The number of likely N-dealkylation sites (tertiary alicyclic amines) is 1. The van der Waals surface area contributed by atoms with Crippen molar-refractivity contribution in [1.82, 2.24) is 24.2 Å². The summed E-state index contributed by atoms with van der Waals surface area (Å²) in [6.45, 7) is 8.40. The number of aryl methyl sites for hydroxylation is 2. The van der Waals surface area contributed by atoms with Crippen LogP contribution in [0.25, 0.3) is 11.2 Å². The third-order valence-corrected chi connectivity index (χ3v) is 4.81. The summed E-state index contributed by atoms with van der Waals surface area (Å²) in [5.74, 6) is 2.15. The van der Waals surface area contributed by atoms with Gasteiger partial charge in [-0.3, -0.25) is 0 Å². The Kier molecular flexibility index (Phi) is 4.22. The van der Waals surface area contributed by atoms with Crippen LogP contribution in [0.3, 0.4) is 0 Å². The molecule has 3 rings (SSSR count). The summed E-state index contributed by atoms with van der Waals surface area (Å²) in [6.07, 6.45) is 2.49. The zero-order chi connectivity index (χ0) is 15.0. The molecule has 0 aliphatic carbocycles. The first-order valence-electron chi connectivity index (χ1n) is 7.81. The van der Waals surface area contributed by atoms with E-state index in [1.54, 1.807) is 0 Å². The number of hydrogen-bond donors (Lipinski definition) is 0. The van der Waals surface area contributed by atoms with E-state index in [-0.39, 0.29) is 0 Å². The number of rotatable bonds is 4. The SMILES string of the molecule is CCn1nc(C)c2nc(CCl)n(CC3CCN(C)CC3)c21. The molecule has 5 nitrogen and oxygen atoms in total. The van der Waals surface area contributed by atoms with Gasteiger partial charge in [-0.2, -0.15) is 5.10 Å². The van der Waals surface area contributed by atoms with E-state index in [0.717, 1.165) is 35.8 Å². The molecule has 0 amide bonds. The number of piperidine rings is 1. The highest BCUT2D eigenvalue weighted by Crippen LogP contribution is 2.25. The molecule has 0 atom stereocenters. The van der Waals surface area contributed by atoms with Crippen LogP contribution in [0.2, 0.25) is 0 Å². The minimum absolute atomic E-state index is 0.463. The fourth-order valence-corrected chi connectivity index (χ4v) is 3.49. The number of nitrogens with zero attached hydrogens (tertiary/aromatic N) is 5. The molecule has 0 radical (unpaired) electrons. The molecule has 0 N–H and O–H groups in total. The lowest BCUT2D eigenvalue weighted by Crippen LogP contribution is -2.32. The predicted molar refractivity (Wildman–Crippen MR) is 85.7 cm³/mol. The van der Waals surface area contributed by atoms with Gasteiger partial charge < -0.3 is 9.47 Å². The van der Waals surface area contributed by atoms with Crippen molar-refractivity contribution in [3.8, 4) is 0 Å². The molecule has 2 aromatic heterocycles. The topological polar surface area (TPSA) is 38.9 Å². The Morgan fingerprint density at radius 1 is 1.29 bits per heavy atom. The van der Waals surface area contributed by atoms with E-state index in [1.807, 2.05) is 6.92 Å². The van der Waals surface area contributed by atoms with Gasteiger partial charge in [-0.25, -0.2) is 9.67 Å². The van der Waals surface area contributed by atoms with Crippen molar-refractivity contribution in [1.29, 1.82) is 0 Å². The Labute approximate surface area is 130 Å². The standard InChI is InChI=1S/C15H24ClN5/c1-4-21-15-14(11(2)18-21)17-13(9-16)20(15)10-12-5-7-19(3)8-6-12/h12H,4-10H2,1-3H3. The number of imidazole rings is 1. The fraction of sp³-hybridized carbons (Fsp3) is 0.733. The van der Waals surface area contributed by atoms with Crippen LogP contribution in [0.5, 0.6) is 0 Å². The van der Waals surface area contributed by atoms with E-state index < -0.39 is 0 Å². The van der Waals surface area contributed by atoms with Crippen molar-refractivity contribution in [2.75, 3.05) is 20.1 Å². The van der Waals surface area contributed by atoms with Gasteiger partial charge in [0.05, 0.1) is 11.6 Å². The van der Waals surface area contributed by atoms with Gasteiger partial charge in [0.1, 0.15) is 11.3 Å². The zero-order valence-corrected chi connectivity index (χ0v) is 13.9. The molecule has 0 unspecified atom stereocenters. The van der Waals surface area contributed by atoms with Crippen molar-refractivity contribution in [2.45, 2.75) is 45.7 Å². The van der Waals surface area contributed by atoms with Gasteiger partial charge in [0.25, 0.3) is 0 Å². The molecular formula is C15H24ClN5. The normalized spacial score (nSPS) is 17.9. The summed E-state index contributed by atoms with van der Waals surface area (Å²) in [5.41, 5.74) is 3.16. The van der Waals surface area contributed by atoms with E-state index >= 15 is 0 Å². The van der Waals surface area contributed by atoms with E-state index in [4.69, 9.17) is 16.6 Å². The van der Waals surface area contributed by atoms with Crippen LogP contribution in [0, 0.1) is 12.8 Å². The molecule has 0 saturated carbocycles. The summed E-state index contributed by atoms with van der Waals surface area (Å²) in [4.78, 5) is 7.12. The smallest absolute Gasteiger partial charge is 0.158 e. The summed E-state index contributed by atoms with van der Waals surface area (Å²) in [7, 11) is 2.20. The summed E-state index contributed by atoms with van der Waals surface area (Å²) in [6, 6.07) is 0. The van der Waals surface area contributed by atoms with Gasteiger partial charge in [0, 0.05) is 13.1 Å². The van der Waals surface area contributed by atoms with Crippen LogP contribution in [-0.2, 0) is 19.0 Å². The number of aromatic nitrogens is 4. The van der Waals surface area contributed by atoms with E-state index in [0.29, 0.717) is 11.8 Å². The zero-order valence-electron chi connectivity index (χ0n) is 13.1. The largest absolute Gasteiger partial charge is 0.312 e. The average molecular weight is 310 g/mol. The molecule has 21 heavy (non-hydrogen) atoms. The lowest BCUT2D eigenvalue weighted by molar-refractivity contribution is 0.205. The number of fused-ring (bicyclic) bond motifs is 1. The van der Waals surface area contributed by atoms with Gasteiger partial charge >= 0.3 is 0 Å². The maximum atomic E-state index is 6.13. The maximum Gasteiger partial charge on any atom is 0.158 e. The van der Waals surface area contributed by atoms with Crippen LogP contribution >= 0.6 is 11.6 Å². The molecule has 0 bridgehead atoms. The van der Waals surface area contributed by atoms with Crippen molar-refractivity contribution in [3.05, 3.63) is 11.5 Å². The second kappa shape index (κ2) is 5.97. The summed E-state index contributed by atoms with van der Waals surface area (Å²) < 4.78 is 4.37. The van der Waals surface area contributed by atoms with Crippen LogP contribution in [0.4, 0.5) is 0 Å². The molecule has 1 aliphatic heterocycles. The summed E-state index contributed by atoms with van der Waals surface area (Å²) in [5, 5.41) is 4.59. The second-order valence-corrected chi connectivity index (χ2v) is 6.36. The lowest BCUT2D eigenvalue weighted by atomic mass is 9.97. The van der Waals surface area contributed by atoms with E-state index in [9.17, 15) is 0 Å². The Bertz CT molecular complexity index is 622. The van der Waals surface area contributed by atoms with Gasteiger partial charge in [0.15, 0.2) is 5.65 Å². The van der Waals surface area contributed by atoms with Gasteiger partial charge in [-0.1, -0.05) is 0 Å². The van der Waals surface area contributed by atoms with Crippen LogP contribution in [0.1, 0.15) is 31.3 Å². The molecule has 0 spiro atoms. The Morgan fingerprint density at radius 3 is 2.62 bits per heavy atom. The molecular weight excluding hydrogens is 286 g/mol. The Morgan fingerprint density at radius 2 is 2.00 bits per heavy atom. The molecule has 6 heteroatoms. The highest BCUT2D eigenvalue weighted by atomic mass is 35.5. The molecule has 1 saturated heterocycles. The number of hydrogen-bond acceptors (Lipinski definition) is 3. The average Bonchev–Trinajstić information content (AvgIpc) is 3.00. The molecule has 3 heterocycles. The van der Waals surface area contributed by atoms with Gasteiger partial charge in [0.2, 0.25) is 0 Å². The molecule has 116 valence electrons.